The number of aromatic carboxylic acids is 1. The molecule has 1 aliphatic rings. The quantitative estimate of drug-likeness (QED) is 0.850. The number of hydrogen-bond donors (Lipinski definition) is 2. The van der Waals surface area contributed by atoms with Gasteiger partial charge in [0.05, 0.1) is 11.3 Å². The van der Waals surface area contributed by atoms with Crippen LogP contribution >= 0.6 is 0 Å². The van der Waals surface area contributed by atoms with Crippen LogP contribution in [0.3, 0.4) is 0 Å². The molecular formula is C11H9F2NO3. The molecule has 17 heavy (non-hydrogen) atoms. The lowest BCUT2D eigenvalue weighted by atomic mass is 10.1. The Bertz CT molecular complexity index is 498. The second kappa shape index (κ2) is 4.12. The summed E-state index contributed by atoms with van der Waals surface area (Å²) >= 11 is 0. The Morgan fingerprint density at radius 2 is 1.88 bits per heavy atom. The lowest BCUT2D eigenvalue weighted by molar-refractivity contribution is -0.117. The molecule has 1 saturated carbocycles. The van der Waals surface area contributed by atoms with Gasteiger partial charge in [0.2, 0.25) is 5.91 Å². The summed E-state index contributed by atoms with van der Waals surface area (Å²) in [6.45, 7) is 0. The number of carbonyl (C=O) groups is 2. The Balaban J connectivity index is 2.29. The first kappa shape index (κ1) is 11.5. The van der Waals surface area contributed by atoms with Gasteiger partial charge in [-0.05, 0) is 18.9 Å². The van der Waals surface area contributed by atoms with Crippen LogP contribution in [0.2, 0.25) is 0 Å². The molecule has 0 heterocycles. The largest absolute Gasteiger partial charge is 0.478 e. The molecule has 1 fully saturated rings. The first-order valence-electron chi connectivity index (χ1n) is 5.02. The van der Waals surface area contributed by atoms with E-state index >= 15 is 0 Å². The van der Waals surface area contributed by atoms with Gasteiger partial charge in [-0.1, -0.05) is 0 Å². The zero-order chi connectivity index (χ0) is 12.6. The van der Waals surface area contributed by atoms with E-state index in [4.69, 9.17) is 5.11 Å². The standard InChI is InChI=1S/C11H9F2NO3/c12-7-4-8(13)9(3-6(7)11(16)17)14-10(15)5-1-2-5/h3-5H,1-2H2,(H,14,15)(H,16,17). The fraction of sp³-hybridized carbons (Fsp3) is 0.273. The van der Waals surface area contributed by atoms with E-state index in [0.29, 0.717) is 6.07 Å². The van der Waals surface area contributed by atoms with Crippen LogP contribution in [-0.4, -0.2) is 17.0 Å². The second-order valence-corrected chi connectivity index (χ2v) is 3.88. The van der Waals surface area contributed by atoms with Crippen LogP contribution in [0, 0.1) is 17.6 Å². The zero-order valence-electron chi connectivity index (χ0n) is 8.67. The van der Waals surface area contributed by atoms with Crippen molar-refractivity contribution < 1.29 is 23.5 Å². The van der Waals surface area contributed by atoms with Crippen molar-refractivity contribution in [2.45, 2.75) is 12.8 Å². The van der Waals surface area contributed by atoms with Gasteiger partial charge >= 0.3 is 5.97 Å². The summed E-state index contributed by atoms with van der Waals surface area (Å²) in [6.07, 6.45) is 1.47. The molecule has 6 heteroatoms. The highest BCUT2D eigenvalue weighted by molar-refractivity contribution is 5.96. The van der Waals surface area contributed by atoms with Crippen molar-refractivity contribution in [3.05, 3.63) is 29.3 Å². The summed E-state index contributed by atoms with van der Waals surface area (Å²) < 4.78 is 26.3. The molecule has 0 aromatic heterocycles. The predicted octanol–water partition coefficient (Wildman–Crippen LogP) is 2.01. The molecule has 90 valence electrons. The second-order valence-electron chi connectivity index (χ2n) is 3.88. The summed E-state index contributed by atoms with van der Waals surface area (Å²) in [5, 5.41) is 10.9. The fourth-order valence-corrected chi connectivity index (χ4v) is 1.39. The fourth-order valence-electron chi connectivity index (χ4n) is 1.39. The van der Waals surface area contributed by atoms with Crippen molar-refractivity contribution in [2.75, 3.05) is 5.32 Å². The Labute approximate surface area is 95.2 Å². The van der Waals surface area contributed by atoms with Crippen LogP contribution in [0.25, 0.3) is 0 Å². The minimum absolute atomic E-state index is 0.146. The van der Waals surface area contributed by atoms with Crippen molar-refractivity contribution in [1.82, 2.24) is 0 Å². The van der Waals surface area contributed by atoms with Gasteiger partial charge in [0, 0.05) is 12.0 Å². The van der Waals surface area contributed by atoms with Crippen LogP contribution in [0.15, 0.2) is 12.1 Å². The Morgan fingerprint density at radius 1 is 1.24 bits per heavy atom. The molecule has 1 aromatic rings. The molecule has 1 aromatic carbocycles. The third kappa shape index (κ3) is 2.41. The Morgan fingerprint density at radius 3 is 2.41 bits per heavy atom. The summed E-state index contributed by atoms with van der Waals surface area (Å²) in [6, 6.07) is 1.24. The Kier molecular flexibility index (Phi) is 2.79. The molecular weight excluding hydrogens is 232 g/mol. The molecule has 0 saturated heterocycles. The van der Waals surface area contributed by atoms with E-state index < -0.39 is 23.2 Å². The monoisotopic (exact) mass is 241 g/mol. The molecule has 1 amide bonds. The third-order valence-electron chi connectivity index (χ3n) is 2.49. The van der Waals surface area contributed by atoms with E-state index in [0.717, 1.165) is 18.9 Å². The van der Waals surface area contributed by atoms with Crippen LogP contribution < -0.4 is 5.32 Å². The number of rotatable bonds is 3. The highest BCUT2D eigenvalue weighted by Gasteiger charge is 2.30. The van der Waals surface area contributed by atoms with Crippen molar-refractivity contribution in [1.29, 1.82) is 0 Å². The van der Waals surface area contributed by atoms with Crippen LogP contribution in [0.1, 0.15) is 23.2 Å². The number of anilines is 1. The van der Waals surface area contributed by atoms with E-state index in [2.05, 4.69) is 5.32 Å². The number of carbonyl (C=O) groups excluding carboxylic acids is 1. The van der Waals surface area contributed by atoms with Gasteiger partial charge in [0.25, 0.3) is 0 Å². The van der Waals surface area contributed by atoms with E-state index in [1.54, 1.807) is 0 Å². The van der Waals surface area contributed by atoms with E-state index in [1.165, 1.54) is 0 Å². The normalized spacial score (nSPS) is 14.5. The van der Waals surface area contributed by atoms with Gasteiger partial charge < -0.3 is 10.4 Å². The Hall–Kier alpha value is -1.98. The molecule has 1 aliphatic carbocycles. The smallest absolute Gasteiger partial charge is 0.338 e. The van der Waals surface area contributed by atoms with Crippen molar-refractivity contribution in [3.63, 3.8) is 0 Å². The molecule has 0 aliphatic heterocycles. The average Bonchev–Trinajstić information content (AvgIpc) is 3.04. The first-order chi connectivity index (χ1) is 7.99. The number of carboxylic acid groups (broad SMARTS) is 1. The molecule has 0 bridgehead atoms. The van der Waals surface area contributed by atoms with Crippen LogP contribution in [0.5, 0.6) is 0 Å². The average molecular weight is 241 g/mol. The van der Waals surface area contributed by atoms with E-state index in [9.17, 15) is 18.4 Å². The van der Waals surface area contributed by atoms with Gasteiger partial charge in [-0.3, -0.25) is 4.79 Å². The highest BCUT2D eigenvalue weighted by Crippen LogP contribution is 2.31. The molecule has 0 radical (unpaired) electrons. The lowest BCUT2D eigenvalue weighted by Gasteiger charge is -2.07. The maximum absolute atomic E-state index is 13.3. The summed E-state index contributed by atoms with van der Waals surface area (Å²) in [5.74, 6) is -4.18. The van der Waals surface area contributed by atoms with Crippen LogP contribution in [-0.2, 0) is 4.79 Å². The van der Waals surface area contributed by atoms with Crippen LogP contribution in [0.4, 0.5) is 14.5 Å². The molecule has 0 unspecified atom stereocenters. The van der Waals surface area contributed by atoms with Crippen molar-refractivity contribution >= 4 is 17.6 Å². The number of halogens is 2. The maximum Gasteiger partial charge on any atom is 0.338 e. The minimum atomic E-state index is -1.51. The minimum Gasteiger partial charge on any atom is -0.478 e. The molecule has 4 nitrogen and oxygen atoms in total. The first-order valence-corrected chi connectivity index (χ1v) is 5.02. The number of nitrogens with one attached hydrogen (secondary N) is 1. The summed E-state index contributed by atoms with van der Waals surface area (Å²) in [4.78, 5) is 22.0. The number of hydrogen-bond acceptors (Lipinski definition) is 2. The molecule has 0 spiro atoms. The number of amides is 1. The molecule has 2 rings (SSSR count). The molecule has 2 N–H and O–H groups in total. The zero-order valence-corrected chi connectivity index (χ0v) is 8.67. The third-order valence-corrected chi connectivity index (χ3v) is 2.49. The van der Waals surface area contributed by atoms with E-state index in [1.807, 2.05) is 0 Å². The number of benzene rings is 1. The summed E-state index contributed by atoms with van der Waals surface area (Å²) in [5.41, 5.74) is -0.974. The topological polar surface area (TPSA) is 66.4 Å². The predicted molar refractivity (Wildman–Crippen MR) is 54.7 cm³/mol. The van der Waals surface area contributed by atoms with Crippen molar-refractivity contribution in [3.8, 4) is 0 Å². The number of carboxylic acids is 1. The highest BCUT2D eigenvalue weighted by atomic mass is 19.1. The van der Waals surface area contributed by atoms with Gasteiger partial charge in [-0.2, -0.15) is 0 Å². The van der Waals surface area contributed by atoms with Crippen molar-refractivity contribution in [2.24, 2.45) is 5.92 Å². The molecule has 0 atom stereocenters. The lowest BCUT2D eigenvalue weighted by Crippen LogP contribution is -2.15. The summed E-state index contributed by atoms with van der Waals surface area (Å²) in [7, 11) is 0. The van der Waals surface area contributed by atoms with E-state index in [-0.39, 0.29) is 17.5 Å². The maximum atomic E-state index is 13.3. The van der Waals surface area contributed by atoms with Gasteiger partial charge in [0.1, 0.15) is 11.6 Å². The van der Waals surface area contributed by atoms with Gasteiger partial charge in [-0.15, -0.1) is 0 Å². The SMILES string of the molecule is O=C(O)c1cc(NC(=O)C2CC2)c(F)cc1F. The van der Waals surface area contributed by atoms with Gasteiger partial charge in [-0.25, -0.2) is 13.6 Å². The van der Waals surface area contributed by atoms with Gasteiger partial charge in [0.15, 0.2) is 0 Å².